The predicted molar refractivity (Wildman–Crippen MR) is 87.0 cm³/mol. The average Bonchev–Trinajstić information content (AvgIpc) is 2.34. The molecule has 0 unspecified atom stereocenters. The molecule has 1 aromatic heterocycles. The number of thiocarbonyl (C=S) groups is 1. The number of rotatable bonds is 3. The summed E-state index contributed by atoms with van der Waals surface area (Å²) in [4.78, 5) is 4.65. The second-order valence-electron chi connectivity index (χ2n) is 4.33. The second-order valence-corrected chi connectivity index (χ2v) is 5.69. The lowest BCUT2D eigenvalue weighted by molar-refractivity contribution is 1.27. The summed E-state index contributed by atoms with van der Waals surface area (Å²) in [5, 5.41) is 3.32. The summed E-state index contributed by atoms with van der Waals surface area (Å²) >= 11 is 8.46. The van der Waals surface area contributed by atoms with Crippen molar-refractivity contribution >= 4 is 44.6 Å². The fourth-order valence-corrected chi connectivity index (χ4v) is 2.70. The van der Waals surface area contributed by atoms with Crippen molar-refractivity contribution in [3.05, 3.63) is 51.6 Å². The van der Waals surface area contributed by atoms with E-state index in [1.807, 2.05) is 6.07 Å². The Labute approximate surface area is 126 Å². The molecule has 0 amide bonds. The Morgan fingerprint density at radius 3 is 2.47 bits per heavy atom. The van der Waals surface area contributed by atoms with Gasteiger partial charge >= 0.3 is 0 Å². The zero-order valence-electron chi connectivity index (χ0n) is 10.7. The molecule has 0 aliphatic heterocycles. The number of nitrogens with zero attached hydrogens (tertiary/aromatic N) is 1. The number of aromatic nitrogens is 1. The minimum absolute atomic E-state index is 0.370. The number of nitrogens with one attached hydrogen (secondary N) is 1. The molecule has 98 valence electrons. The predicted octanol–water partition coefficient (Wildman–Crippen LogP) is 3.84. The van der Waals surface area contributed by atoms with E-state index in [0.29, 0.717) is 4.99 Å². The summed E-state index contributed by atoms with van der Waals surface area (Å²) in [5.74, 6) is 0.735. The highest BCUT2D eigenvalue weighted by Gasteiger charge is 2.06. The van der Waals surface area contributed by atoms with Crippen LogP contribution in [0.1, 0.15) is 16.7 Å². The summed E-state index contributed by atoms with van der Waals surface area (Å²) in [6.45, 7) is 4.11. The minimum atomic E-state index is 0.370. The van der Waals surface area contributed by atoms with Crippen molar-refractivity contribution in [3.63, 3.8) is 0 Å². The molecule has 3 N–H and O–H groups in total. The zero-order valence-corrected chi connectivity index (χ0v) is 13.1. The van der Waals surface area contributed by atoms with Crippen LogP contribution in [0.2, 0.25) is 0 Å². The van der Waals surface area contributed by atoms with Crippen molar-refractivity contribution < 1.29 is 0 Å². The van der Waals surface area contributed by atoms with Crippen LogP contribution in [0.25, 0.3) is 0 Å². The molecule has 0 aliphatic carbocycles. The van der Waals surface area contributed by atoms with Gasteiger partial charge < -0.3 is 11.1 Å². The molecule has 0 bridgehead atoms. The van der Waals surface area contributed by atoms with E-state index in [-0.39, 0.29) is 0 Å². The summed E-state index contributed by atoms with van der Waals surface area (Å²) < 4.78 is 1.07. The molecule has 0 radical (unpaired) electrons. The van der Waals surface area contributed by atoms with Crippen LogP contribution in [-0.4, -0.2) is 9.97 Å². The largest absolute Gasteiger partial charge is 0.389 e. The van der Waals surface area contributed by atoms with Crippen molar-refractivity contribution in [2.45, 2.75) is 13.8 Å². The fourth-order valence-electron chi connectivity index (χ4n) is 1.89. The normalized spacial score (nSPS) is 10.3. The number of pyridine rings is 1. The van der Waals surface area contributed by atoms with Crippen molar-refractivity contribution in [2.24, 2.45) is 5.73 Å². The number of hydrogen-bond donors (Lipinski definition) is 2. The standard InChI is InChI=1S/C14H14BrN3S/c1-8-5-11(15)6-9(2)13(8)18-12-7-10(14(16)19)3-4-17-12/h3-7H,1-2H3,(H2,16,19)(H,17,18). The van der Waals surface area contributed by atoms with Crippen LogP contribution in [-0.2, 0) is 0 Å². The lowest BCUT2D eigenvalue weighted by atomic mass is 10.1. The van der Waals surface area contributed by atoms with Gasteiger partial charge in [-0.3, -0.25) is 0 Å². The van der Waals surface area contributed by atoms with Gasteiger partial charge in [0.05, 0.1) is 0 Å². The van der Waals surface area contributed by atoms with Crippen molar-refractivity contribution in [2.75, 3.05) is 5.32 Å². The summed E-state index contributed by atoms with van der Waals surface area (Å²) in [6.07, 6.45) is 1.69. The maximum absolute atomic E-state index is 5.63. The summed E-state index contributed by atoms with van der Waals surface area (Å²) in [6, 6.07) is 7.78. The minimum Gasteiger partial charge on any atom is -0.389 e. The van der Waals surface area contributed by atoms with E-state index < -0.39 is 0 Å². The van der Waals surface area contributed by atoms with Gasteiger partial charge in [0.2, 0.25) is 0 Å². The monoisotopic (exact) mass is 335 g/mol. The smallest absolute Gasteiger partial charge is 0.130 e. The third kappa shape index (κ3) is 3.30. The molecule has 1 heterocycles. The van der Waals surface area contributed by atoms with E-state index in [4.69, 9.17) is 18.0 Å². The Kier molecular flexibility index (Phi) is 4.17. The van der Waals surface area contributed by atoms with Gasteiger partial charge in [0.1, 0.15) is 10.8 Å². The molecular weight excluding hydrogens is 322 g/mol. The van der Waals surface area contributed by atoms with Crippen LogP contribution in [0.15, 0.2) is 34.9 Å². The van der Waals surface area contributed by atoms with Gasteiger partial charge in [-0.25, -0.2) is 4.98 Å². The van der Waals surface area contributed by atoms with E-state index in [1.54, 1.807) is 12.3 Å². The molecule has 19 heavy (non-hydrogen) atoms. The van der Waals surface area contributed by atoms with Gasteiger partial charge in [-0.2, -0.15) is 0 Å². The number of aryl methyl sites for hydroxylation is 2. The number of benzene rings is 1. The zero-order chi connectivity index (χ0) is 14.0. The molecular formula is C14H14BrN3S. The van der Waals surface area contributed by atoms with Crippen LogP contribution in [0.5, 0.6) is 0 Å². The SMILES string of the molecule is Cc1cc(Br)cc(C)c1Nc1cc(C(N)=S)ccn1. The van der Waals surface area contributed by atoms with Gasteiger partial charge in [0.15, 0.2) is 0 Å². The van der Waals surface area contributed by atoms with Gasteiger partial charge in [-0.15, -0.1) is 0 Å². The Hall–Kier alpha value is -1.46. The van der Waals surface area contributed by atoms with E-state index >= 15 is 0 Å². The molecule has 0 fully saturated rings. The molecule has 5 heteroatoms. The molecule has 0 spiro atoms. The van der Waals surface area contributed by atoms with Crippen LogP contribution >= 0.6 is 28.1 Å². The Morgan fingerprint density at radius 1 is 1.26 bits per heavy atom. The highest BCUT2D eigenvalue weighted by atomic mass is 79.9. The van der Waals surface area contributed by atoms with E-state index in [0.717, 1.165) is 32.7 Å². The number of anilines is 2. The first-order valence-corrected chi connectivity index (χ1v) is 6.97. The molecule has 0 atom stereocenters. The number of halogens is 1. The van der Waals surface area contributed by atoms with E-state index in [1.165, 1.54) is 0 Å². The Balaban J connectivity index is 2.36. The van der Waals surface area contributed by atoms with Crippen molar-refractivity contribution in [3.8, 4) is 0 Å². The van der Waals surface area contributed by atoms with E-state index in [2.05, 4.69) is 52.2 Å². The van der Waals surface area contributed by atoms with Crippen molar-refractivity contribution in [1.29, 1.82) is 0 Å². The van der Waals surface area contributed by atoms with Gasteiger partial charge in [0.25, 0.3) is 0 Å². The second kappa shape index (κ2) is 5.67. The topological polar surface area (TPSA) is 50.9 Å². The summed E-state index contributed by atoms with van der Waals surface area (Å²) in [7, 11) is 0. The van der Waals surface area contributed by atoms with Crippen molar-refractivity contribution in [1.82, 2.24) is 4.98 Å². The lowest BCUT2D eigenvalue weighted by Gasteiger charge is -2.13. The van der Waals surface area contributed by atoms with Crippen LogP contribution in [0.4, 0.5) is 11.5 Å². The van der Waals surface area contributed by atoms with Crippen LogP contribution < -0.4 is 11.1 Å². The summed E-state index contributed by atoms with van der Waals surface area (Å²) in [5.41, 5.74) is 9.78. The first-order chi connectivity index (χ1) is 8.97. The number of hydrogen-bond acceptors (Lipinski definition) is 3. The molecule has 3 nitrogen and oxygen atoms in total. The third-order valence-corrected chi connectivity index (χ3v) is 3.49. The molecule has 0 saturated carbocycles. The first-order valence-electron chi connectivity index (χ1n) is 5.77. The maximum Gasteiger partial charge on any atom is 0.130 e. The lowest BCUT2D eigenvalue weighted by Crippen LogP contribution is -2.10. The molecule has 2 aromatic rings. The third-order valence-electron chi connectivity index (χ3n) is 2.79. The first kappa shape index (κ1) is 14.0. The highest BCUT2D eigenvalue weighted by molar-refractivity contribution is 9.10. The van der Waals surface area contributed by atoms with Crippen LogP contribution in [0, 0.1) is 13.8 Å². The maximum atomic E-state index is 5.63. The Morgan fingerprint density at radius 2 is 1.89 bits per heavy atom. The molecule has 1 aromatic carbocycles. The van der Waals surface area contributed by atoms with Gasteiger partial charge in [-0.1, -0.05) is 28.1 Å². The van der Waals surface area contributed by atoms with Gasteiger partial charge in [-0.05, 0) is 49.2 Å². The Bertz CT molecular complexity index is 617. The fraction of sp³-hybridized carbons (Fsp3) is 0.143. The van der Waals surface area contributed by atoms with E-state index in [9.17, 15) is 0 Å². The quantitative estimate of drug-likeness (QED) is 0.836. The molecule has 0 aliphatic rings. The molecule has 0 saturated heterocycles. The number of nitrogens with two attached hydrogens (primary N) is 1. The molecule has 2 rings (SSSR count). The van der Waals surface area contributed by atoms with Gasteiger partial charge in [0, 0.05) is 21.9 Å². The highest BCUT2D eigenvalue weighted by Crippen LogP contribution is 2.27. The average molecular weight is 336 g/mol. The van der Waals surface area contributed by atoms with Crippen LogP contribution in [0.3, 0.4) is 0 Å².